The van der Waals surface area contributed by atoms with E-state index >= 15 is 0 Å². The first-order valence-corrected chi connectivity index (χ1v) is 6.84. The fraction of sp³-hybridized carbons (Fsp3) is 0. The quantitative estimate of drug-likeness (QED) is 0.907. The average molecular weight is 315 g/mol. The Hall–Kier alpha value is -1.47. The number of nitrogens with zero attached hydrogens (tertiary/aromatic N) is 1. The van der Waals surface area contributed by atoms with Gasteiger partial charge in [0.05, 0.1) is 4.90 Å². The molecule has 17 heavy (non-hydrogen) atoms. The standard InChI is InChI=1S/C10H7BrN2O3S/c11-7-2-1-3-8(6-7)17(15,16)9-4-5-12-13-10(9)14/h1-6H,(H,13,14). The molecule has 0 saturated carbocycles. The second-order valence-corrected chi connectivity index (χ2v) is 6.04. The van der Waals surface area contributed by atoms with Gasteiger partial charge in [0.25, 0.3) is 5.56 Å². The summed E-state index contributed by atoms with van der Waals surface area (Å²) in [4.78, 5) is 11.2. The molecule has 0 fully saturated rings. The maximum atomic E-state index is 12.1. The van der Waals surface area contributed by atoms with Crippen molar-refractivity contribution in [1.82, 2.24) is 10.2 Å². The van der Waals surface area contributed by atoms with Gasteiger partial charge in [-0.05, 0) is 24.3 Å². The zero-order chi connectivity index (χ0) is 12.5. The van der Waals surface area contributed by atoms with Gasteiger partial charge in [0.1, 0.15) is 4.90 Å². The molecule has 2 aromatic rings. The summed E-state index contributed by atoms with van der Waals surface area (Å²) in [5, 5.41) is 5.55. The van der Waals surface area contributed by atoms with Crippen molar-refractivity contribution in [2.24, 2.45) is 0 Å². The van der Waals surface area contributed by atoms with Gasteiger partial charge >= 0.3 is 0 Å². The van der Waals surface area contributed by atoms with E-state index in [2.05, 4.69) is 26.1 Å². The van der Waals surface area contributed by atoms with Gasteiger partial charge in [-0.25, -0.2) is 13.5 Å². The monoisotopic (exact) mass is 314 g/mol. The molecule has 88 valence electrons. The van der Waals surface area contributed by atoms with E-state index in [1.807, 2.05) is 0 Å². The molecule has 0 radical (unpaired) electrons. The summed E-state index contributed by atoms with van der Waals surface area (Å²) in [5.41, 5.74) is -0.729. The normalized spacial score (nSPS) is 11.4. The van der Waals surface area contributed by atoms with Crippen molar-refractivity contribution in [1.29, 1.82) is 0 Å². The van der Waals surface area contributed by atoms with Gasteiger partial charge in [-0.1, -0.05) is 22.0 Å². The Morgan fingerprint density at radius 3 is 2.65 bits per heavy atom. The van der Waals surface area contributed by atoms with E-state index < -0.39 is 15.4 Å². The first kappa shape index (κ1) is 12.0. The number of benzene rings is 1. The van der Waals surface area contributed by atoms with Crippen molar-refractivity contribution in [3.05, 3.63) is 51.4 Å². The van der Waals surface area contributed by atoms with Crippen molar-refractivity contribution >= 4 is 25.8 Å². The van der Waals surface area contributed by atoms with Crippen molar-refractivity contribution in [3.8, 4) is 0 Å². The third kappa shape index (κ3) is 2.29. The molecule has 0 spiro atoms. The third-order valence-corrected chi connectivity index (χ3v) is 4.35. The molecule has 1 aromatic carbocycles. The molecule has 1 heterocycles. The summed E-state index contributed by atoms with van der Waals surface area (Å²) < 4.78 is 24.9. The fourth-order valence-electron chi connectivity index (χ4n) is 1.30. The number of hydrogen-bond donors (Lipinski definition) is 1. The maximum Gasteiger partial charge on any atom is 0.283 e. The molecule has 0 aliphatic heterocycles. The van der Waals surface area contributed by atoms with Gasteiger partial charge in [-0.15, -0.1) is 0 Å². The Labute approximate surface area is 106 Å². The minimum Gasteiger partial charge on any atom is -0.267 e. The lowest BCUT2D eigenvalue weighted by Crippen LogP contribution is -2.18. The highest BCUT2D eigenvalue weighted by Gasteiger charge is 2.21. The lowest BCUT2D eigenvalue weighted by Gasteiger charge is -2.03. The zero-order valence-electron chi connectivity index (χ0n) is 8.42. The lowest BCUT2D eigenvalue weighted by molar-refractivity contribution is 0.594. The number of aromatic nitrogens is 2. The van der Waals surface area contributed by atoms with E-state index in [0.717, 1.165) is 0 Å². The molecule has 0 unspecified atom stereocenters. The van der Waals surface area contributed by atoms with E-state index in [-0.39, 0.29) is 9.79 Å². The highest BCUT2D eigenvalue weighted by molar-refractivity contribution is 9.10. The van der Waals surface area contributed by atoms with Crippen LogP contribution < -0.4 is 5.56 Å². The molecule has 0 bridgehead atoms. The van der Waals surface area contributed by atoms with E-state index in [1.165, 1.54) is 24.4 Å². The first-order valence-electron chi connectivity index (χ1n) is 4.56. The van der Waals surface area contributed by atoms with Crippen molar-refractivity contribution < 1.29 is 8.42 Å². The van der Waals surface area contributed by atoms with E-state index in [0.29, 0.717) is 4.47 Å². The minimum atomic E-state index is -3.81. The number of H-pyrrole nitrogens is 1. The van der Waals surface area contributed by atoms with Crippen LogP contribution in [-0.2, 0) is 9.84 Å². The Kier molecular flexibility index (Phi) is 3.12. The Balaban J connectivity index is 2.67. The number of aromatic amines is 1. The van der Waals surface area contributed by atoms with Crippen LogP contribution in [0.3, 0.4) is 0 Å². The summed E-state index contributed by atoms with van der Waals surface area (Å²) in [6, 6.07) is 7.34. The van der Waals surface area contributed by atoms with E-state index in [4.69, 9.17) is 0 Å². The topological polar surface area (TPSA) is 79.9 Å². The second-order valence-electron chi connectivity index (χ2n) is 3.21. The van der Waals surface area contributed by atoms with Crippen LogP contribution in [0.4, 0.5) is 0 Å². The zero-order valence-corrected chi connectivity index (χ0v) is 10.8. The van der Waals surface area contributed by atoms with E-state index in [9.17, 15) is 13.2 Å². The Morgan fingerprint density at radius 2 is 2.00 bits per heavy atom. The molecule has 2 rings (SSSR count). The number of halogens is 1. The SMILES string of the molecule is O=c1[nH]nccc1S(=O)(=O)c1cccc(Br)c1. The summed E-state index contributed by atoms with van der Waals surface area (Å²) in [5.74, 6) is 0. The van der Waals surface area contributed by atoms with Crippen LogP contribution in [0, 0.1) is 0 Å². The van der Waals surface area contributed by atoms with Gasteiger partial charge in [-0.2, -0.15) is 5.10 Å². The number of rotatable bonds is 2. The van der Waals surface area contributed by atoms with Crippen LogP contribution >= 0.6 is 15.9 Å². The predicted molar refractivity (Wildman–Crippen MR) is 64.5 cm³/mol. The maximum absolute atomic E-state index is 12.1. The van der Waals surface area contributed by atoms with Gasteiger partial charge in [0.2, 0.25) is 9.84 Å². The summed E-state index contributed by atoms with van der Waals surface area (Å²) >= 11 is 3.18. The molecule has 0 saturated heterocycles. The van der Waals surface area contributed by atoms with Gasteiger partial charge in [0.15, 0.2) is 0 Å². The van der Waals surface area contributed by atoms with Gasteiger partial charge in [0, 0.05) is 10.7 Å². The molecule has 7 heteroatoms. The first-order chi connectivity index (χ1) is 8.01. The minimum absolute atomic E-state index is 0.0589. The van der Waals surface area contributed by atoms with Crippen LogP contribution in [0.25, 0.3) is 0 Å². The van der Waals surface area contributed by atoms with Crippen LogP contribution in [0.1, 0.15) is 0 Å². The largest absolute Gasteiger partial charge is 0.283 e. The lowest BCUT2D eigenvalue weighted by atomic mass is 10.4. The number of hydrogen-bond acceptors (Lipinski definition) is 4. The number of sulfone groups is 1. The summed E-state index contributed by atoms with van der Waals surface area (Å²) in [6.07, 6.45) is 1.23. The Bertz CT molecular complexity index is 709. The van der Waals surface area contributed by atoms with Crippen molar-refractivity contribution in [2.45, 2.75) is 9.79 Å². The molecule has 1 aromatic heterocycles. The molecule has 0 amide bonds. The smallest absolute Gasteiger partial charge is 0.267 e. The molecule has 0 atom stereocenters. The highest BCUT2D eigenvalue weighted by Crippen LogP contribution is 2.20. The van der Waals surface area contributed by atoms with Crippen LogP contribution in [0.5, 0.6) is 0 Å². The molecule has 5 nitrogen and oxygen atoms in total. The summed E-state index contributed by atoms with van der Waals surface area (Å²) in [7, 11) is -3.81. The van der Waals surface area contributed by atoms with Gasteiger partial charge < -0.3 is 0 Å². The second kappa shape index (κ2) is 4.42. The van der Waals surface area contributed by atoms with Gasteiger partial charge in [-0.3, -0.25) is 4.79 Å². The molecular formula is C10H7BrN2O3S. The Morgan fingerprint density at radius 1 is 1.24 bits per heavy atom. The van der Waals surface area contributed by atoms with Crippen molar-refractivity contribution in [2.75, 3.05) is 0 Å². The molecule has 0 aliphatic carbocycles. The summed E-state index contributed by atoms with van der Waals surface area (Å²) in [6.45, 7) is 0. The highest BCUT2D eigenvalue weighted by atomic mass is 79.9. The van der Waals surface area contributed by atoms with Crippen LogP contribution in [0.15, 0.2) is 55.6 Å². The average Bonchev–Trinajstić information content (AvgIpc) is 2.29. The molecule has 0 aliphatic rings. The number of nitrogens with one attached hydrogen (secondary N) is 1. The van der Waals surface area contributed by atoms with E-state index in [1.54, 1.807) is 12.1 Å². The van der Waals surface area contributed by atoms with Crippen LogP contribution in [-0.4, -0.2) is 18.6 Å². The van der Waals surface area contributed by atoms with Crippen molar-refractivity contribution in [3.63, 3.8) is 0 Å². The molecule has 1 N–H and O–H groups in total. The molecular weight excluding hydrogens is 308 g/mol. The van der Waals surface area contributed by atoms with Crippen LogP contribution in [0.2, 0.25) is 0 Å². The third-order valence-electron chi connectivity index (χ3n) is 2.09. The predicted octanol–water partition coefficient (Wildman–Crippen LogP) is 1.37. The fourth-order valence-corrected chi connectivity index (χ4v) is 3.18.